The molecule has 1 aliphatic carbocycles. The van der Waals surface area contributed by atoms with Gasteiger partial charge in [0.05, 0.1) is 25.1 Å². The first-order valence-electron chi connectivity index (χ1n) is 16.8. The van der Waals surface area contributed by atoms with Crippen molar-refractivity contribution in [2.75, 3.05) is 32.5 Å². The third-order valence-corrected chi connectivity index (χ3v) is 9.55. The van der Waals surface area contributed by atoms with Crippen LogP contribution in [0, 0.1) is 5.92 Å². The van der Waals surface area contributed by atoms with Gasteiger partial charge in [-0.3, -0.25) is 19.1 Å². The number of aromatic amines is 1. The van der Waals surface area contributed by atoms with Crippen LogP contribution in [0.5, 0.6) is 0 Å². The highest BCUT2D eigenvalue weighted by atomic mass is 31.2. The van der Waals surface area contributed by atoms with Crippen LogP contribution >= 0.6 is 7.75 Å². The molecule has 3 rings (SSSR count). The van der Waals surface area contributed by atoms with Crippen LogP contribution in [0.25, 0.3) is 11.2 Å². The molecule has 49 heavy (non-hydrogen) atoms. The lowest BCUT2D eigenvalue weighted by atomic mass is 10.0. The van der Waals surface area contributed by atoms with Gasteiger partial charge < -0.3 is 25.2 Å². The number of H-pyrrole nitrogens is 1. The molecule has 14 heteroatoms. The molecule has 1 saturated carbocycles. The number of nitrogens with two attached hydrogens (primary N) is 1. The fourth-order valence-electron chi connectivity index (χ4n) is 5.29. The van der Waals surface area contributed by atoms with Gasteiger partial charge in [-0.1, -0.05) is 74.3 Å². The van der Waals surface area contributed by atoms with Crippen LogP contribution in [0.3, 0.4) is 0 Å². The van der Waals surface area contributed by atoms with Gasteiger partial charge in [0.1, 0.15) is 0 Å². The minimum atomic E-state index is -3.72. The number of unbranched alkanes of at least 4 members (excludes halogenated alkanes) is 1. The normalized spacial score (nSPS) is 19.9. The van der Waals surface area contributed by atoms with E-state index in [-0.39, 0.29) is 49.1 Å². The number of rotatable bonds is 22. The molecule has 0 radical (unpaired) electrons. The van der Waals surface area contributed by atoms with E-state index in [1.54, 1.807) is 4.57 Å². The molecule has 0 aromatic carbocycles. The first-order valence-corrected chi connectivity index (χ1v) is 18.4. The van der Waals surface area contributed by atoms with Crippen molar-refractivity contribution in [3.63, 3.8) is 0 Å². The predicted octanol–water partition coefficient (Wildman–Crippen LogP) is 5.58. The quantitative estimate of drug-likeness (QED) is 0.0591. The number of imidazole rings is 1. The number of aliphatic hydroxyl groups is 1. The number of nitrogen functional groups attached to an aromatic ring is 1. The summed E-state index contributed by atoms with van der Waals surface area (Å²) in [7, 11) is -2.46. The summed E-state index contributed by atoms with van der Waals surface area (Å²) in [6.45, 7) is 6.53. The van der Waals surface area contributed by atoms with Gasteiger partial charge in [-0.05, 0) is 56.9 Å². The summed E-state index contributed by atoms with van der Waals surface area (Å²) in [6.07, 6.45) is 29.2. The van der Waals surface area contributed by atoms with Gasteiger partial charge >= 0.3 is 7.75 Å². The highest BCUT2D eigenvalue weighted by molar-refractivity contribution is 7.51. The van der Waals surface area contributed by atoms with E-state index in [2.05, 4.69) is 99.6 Å². The fraction of sp³-hybridized carbons (Fsp3) is 0.486. The van der Waals surface area contributed by atoms with E-state index in [4.69, 9.17) is 14.8 Å². The third kappa shape index (κ3) is 13.2. The van der Waals surface area contributed by atoms with Gasteiger partial charge in [-0.2, -0.15) is 4.98 Å². The summed E-state index contributed by atoms with van der Waals surface area (Å²) < 4.78 is 25.5. The smallest absolute Gasteiger partial charge is 0.392 e. The summed E-state index contributed by atoms with van der Waals surface area (Å²) in [5.41, 5.74) is 6.26. The Balaban J connectivity index is 1.28. The summed E-state index contributed by atoms with van der Waals surface area (Å²) >= 11 is 0. The Bertz CT molecular complexity index is 1610. The molecule has 2 heterocycles. The van der Waals surface area contributed by atoms with E-state index in [1.807, 2.05) is 0 Å². The predicted molar refractivity (Wildman–Crippen MR) is 195 cm³/mol. The number of amides is 1. The van der Waals surface area contributed by atoms with Crippen molar-refractivity contribution >= 4 is 30.8 Å². The van der Waals surface area contributed by atoms with E-state index in [9.17, 15) is 19.3 Å². The molecule has 4 unspecified atom stereocenters. The number of fused-ring (bicyclic) bond motifs is 1. The van der Waals surface area contributed by atoms with E-state index >= 15 is 0 Å². The molecule has 1 aliphatic rings. The summed E-state index contributed by atoms with van der Waals surface area (Å²) in [5, 5.41) is 16.3. The second kappa shape index (κ2) is 21.3. The van der Waals surface area contributed by atoms with Gasteiger partial charge in [0.25, 0.3) is 5.56 Å². The number of carbonyl (C=O) groups is 1. The minimum Gasteiger partial charge on any atom is -0.392 e. The number of allylic oxidation sites excluding steroid dienone is 10. The number of aliphatic hydroxyl groups excluding tert-OH is 1. The first kappa shape index (κ1) is 39.6. The van der Waals surface area contributed by atoms with Crippen LogP contribution in [-0.4, -0.2) is 63.4 Å². The van der Waals surface area contributed by atoms with E-state index in [0.29, 0.717) is 12.0 Å². The number of hydrogen-bond donors (Lipinski definition) is 5. The first-order chi connectivity index (χ1) is 23.7. The highest BCUT2D eigenvalue weighted by Crippen LogP contribution is 2.46. The molecule has 0 spiro atoms. The van der Waals surface area contributed by atoms with Crippen LogP contribution in [0.1, 0.15) is 70.8 Å². The zero-order valence-electron chi connectivity index (χ0n) is 28.6. The average molecular weight is 698 g/mol. The molecule has 2 aromatic heterocycles. The lowest BCUT2D eigenvalue weighted by Crippen LogP contribution is -2.31. The molecule has 1 amide bonds. The molecular weight excluding hydrogens is 645 g/mol. The Labute approximate surface area is 288 Å². The number of anilines is 1. The lowest BCUT2D eigenvalue weighted by molar-refractivity contribution is -0.121. The van der Waals surface area contributed by atoms with Gasteiger partial charge in [0, 0.05) is 32.5 Å². The van der Waals surface area contributed by atoms with Gasteiger partial charge in [-0.25, -0.2) is 14.6 Å². The Hall–Kier alpha value is -3.87. The van der Waals surface area contributed by atoms with Crippen LogP contribution < -0.4 is 21.7 Å². The van der Waals surface area contributed by atoms with E-state index in [0.717, 1.165) is 44.9 Å². The molecule has 2 aromatic rings. The number of nitrogens with zero attached hydrogens (tertiary/aromatic N) is 3. The molecule has 0 bridgehead atoms. The van der Waals surface area contributed by atoms with E-state index in [1.165, 1.54) is 13.4 Å². The van der Waals surface area contributed by atoms with Crippen LogP contribution in [0.4, 0.5) is 5.95 Å². The number of nitrogens with one attached hydrogen (secondary N) is 3. The Morgan fingerprint density at radius 2 is 1.73 bits per heavy atom. The van der Waals surface area contributed by atoms with Crippen molar-refractivity contribution < 1.29 is 23.5 Å². The topological polar surface area (TPSA) is 186 Å². The third-order valence-electron chi connectivity index (χ3n) is 7.97. The lowest BCUT2D eigenvalue weighted by Gasteiger charge is -2.22. The fourth-order valence-corrected chi connectivity index (χ4v) is 6.36. The monoisotopic (exact) mass is 697 g/mol. The van der Waals surface area contributed by atoms with Crippen molar-refractivity contribution in [3.05, 3.63) is 89.6 Å². The van der Waals surface area contributed by atoms with Crippen molar-refractivity contribution in [1.82, 2.24) is 29.9 Å². The maximum Gasteiger partial charge on any atom is 0.405 e. The van der Waals surface area contributed by atoms with Crippen molar-refractivity contribution in [3.8, 4) is 0 Å². The largest absolute Gasteiger partial charge is 0.405 e. The summed E-state index contributed by atoms with van der Waals surface area (Å²) in [4.78, 5) is 35.1. The van der Waals surface area contributed by atoms with Crippen molar-refractivity contribution in [1.29, 1.82) is 0 Å². The van der Waals surface area contributed by atoms with Crippen molar-refractivity contribution in [2.24, 2.45) is 5.92 Å². The molecule has 0 aliphatic heterocycles. The average Bonchev–Trinajstić information content (AvgIpc) is 3.62. The molecule has 4 atom stereocenters. The van der Waals surface area contributed by atoms with Gasteiger partial charge in [0.2, 0.25) is 11.9 Å². The highest BCUT2D eigenvalue weighted by Gasteiger charge is 2.40. The van der Waals surface area contributed by atoms with E-state index < -0.39 is 31.4 Å². The van der Waals surface area contributed by atoms with Crippen LogP contribution in [0.15, 0.2) is 84.0 Å². The minimum absolute atomic E-state index is 0.0482. The standard InChI is InChI=1S/C35H52N7O6P/c1-4-5-6-7-8-9-10-11-12-13-14-15-16-17-18-19-20-21-31(44)37-22-23-39-49(46,47-3)48-25-28-27(2)29(24-30(28)43)42-26-38-32-33(42)40-35(36)41-34(32)45/h5-6,8-9,11-12,14-15,17-18,26,28-30,43H,2,4,7,10,13,16,19-25H2,1,3H3,(H,37,44)(H,39,46)(H3,36,40,41,45). The molecule has 13 nitrogen and oxygen atoms in total. The molecule has 1 fully saturated rings. The SMILES string of the molecule is C=C1C(COP(=O)(NCCNC(=O)CCCC=CCC=CCC=CCC=CCC=CCC)OC)C(O)CC1n1cnc2c(=O)[nH]c(N)nc21. The van der Waals surface area contributed by atoms with Crippen LogP contribution in [0.2, 0.25) is 0 Å². The van der Waals surface area contributed by atoms with Crippen molar-refractivity contribution in [2.45, 2.75) is 76.9 Å². The Morgan fingerprint density at radius 3 is 2.37 bits per heavy atom. The maximum absolute atomic E-state index is 13.1. The van der Waals surface area contributed by atoms with Crippen LogP contribution in [-0.2, 0) is 18.4 Å². The Morgan fingerprint density at radius 1 is 1.10 bits per heavy atom. The van der Waals surface area contributed by atoms with Gasteiger partial charge in [-0.15, -0.1) is 0 Å². The number of hydrogen-bond acceptors (Lipinski definition) is 9. The maximum atomic E-state index is 13.1. The zero-order chi connectivity index (χ0) is 35.5. The second-order valence-electron chi connectivity index (χ2n) is 11.6. The second-order valence-corrected chi connectivity index (χ2v) is 13.5. The molecular formula is C35H52N7O6P. The Kier molecular flexibility index (Phi) is 17.2. The molecule has 0 saturated heterocycles. The zero-order valence-corrected chi connectivity index (χ0v) is 29.5. The number of carbonyl (C=O) groups excluding carboxylic acids is 1. The number of aromatic nitrogens is 4. The summed E-state index contributed by atoms with van der Waals surface area (Å²) in [5.74, 6) is -0.702. The summed E-state index contributed by atoms with van der Waals surface area (Å²) in [6, 6.07) is -0.423. The van der Waals surface area contributed by atoms with Gasteiger partial charge in [0.15, 0.2) is 11.2 Å². The molecule has 6 N–H and O–H groups in total. The molecule has 268 valence electrons.